The number of nitrogens with two attached hydrogens (primary N) is 1. The largest absolute Gasteiger partial charge is 0.464 e. The molecule has 20 heavy (non-hydrogen) atoms. The van der Waals surface area contributed by atoms with E-state index in [0.717, 1.165) is 0 Å². The Kier molecular flexibility index (Phi) is 6.44. The second kappa shape index (κ2) is 8.10. The zero-order chi connectivity index (χ0) is 15.0. The van der Waals surface area contributed by atoms with Crippen LogP contribution in [0.25, 0.3) is 0 Å². The Labute approximate surface area is 117 Å². The van der Waals surface area contributed by atoms with Crippen LogP contribution in [0, 0.1) is 0 Å². The molecule has 9 heteroatoms. The molecule has 1 aromatic rings. The Balaban J connectivity index is 2.62. The molecule has 9 nitrogen and oxygen atoms in total. The van der Waals surface area contributed by atoms with Gasteiger partial charge in [0.05, 0.1) is 19.8 Å². The van der Waals surface area contributed by atoms with Crippen molar-refractivity contribution in [3.05, 3.63) is 0 Å². The van der Waals surface area contributed by atoms with Gasteiger partial charge in [0.25, 0.3) is 0 Å². The van der Waals surface area contributed by atoms with Gasteiger partial charge in [-0.1, -0.05) is 0 Å². The summed E-state index contributed by atoms with van der Waals surface area (Å²) in [4.78, 5) is 25.1. The second-order valence-electron chi connectivity index (χ2n) is 3.91. The summed E-state index contributed by atoms with van der Waals surface area (Å²) in [5.74, 6) is 0.162. The maximum atomic E-state index is 11.7. The van der Waals surface area contributed by atoms with Gasteiger partial charge in [0, 0.05) is 20.7 Å². The average molecular weight is 284 g/mol. The highest BCUT2D eigenvalue weighted by Gasteiger charge is 2.12. The number of likely N-dealkylation sites (N-methyl/N-ethyl adjacent to an activating group) is 1. The molecule has 0 aromatic carbocycles. The Morgan fingerprint density at radius 2 is 2.15 bits per heavy atom. The minimum absolute atomic E-state index is 0.0464. The van der Waals surface area contributed by atoms with Gasteiger partial charge in [-0.05, 0) is 6.92 Å². The van der Waals surface area contributed by atoms with Gasteiger partial charge in [-0.2, -0.15) is 15.0 Å². The van der Waals surface area contributed by atoms with Crippen LogP contribution in [0.5, 0.6) is 6.01 Å². The van der Waals surface area contributed by atoms with Crippen LogP contribution >= 0.6 is 0 Å². The zero-order valence-electron chi connectivity index (χ0n) is 11.9. The van der Waals surface area contributed by atoms with E-state index in [-0.39, 0.29) is 30.4 Å². The summed E-state index contributed by atoms with van der Waals surface area (Å²) >= 11 is 0. The highest BCUT2D eigenvalue weighted by molar-refractivity contribution is 5.80. The molecule has 3 N–H and O–H groups in total. The lowest BCUT2D eigenvalue weighted by Crippen LogP contribution is -2.37. The molecular weight excluding hydrogens is 264 g/mol. The van der Waals surface area contributed by atoms with Crippen molar-refractivity contribution in [1.29, 1.82) is 0 Å². The van der Waals surface area contributed by atoms with Crippen LogP contribution in [0.2, 0.25) is 0 Å². The number of rotatable bonds is 8. The maximum Gasteiger partial charge on any atom is 0.323 e. The van der Waals surface area contributed by atoms with Gasteiger partial charge in [0.2, 0.25) is 17.8 Å². The molecule has 0 unspecified atom stereocenters. The number of nitrogen functional groups attached to an aromatic ring is 1. The minimum Gasteiger partial charge on any atom is -0.464 e. The first kappa shape index (κ1) is 15.9. The topological polar surface area (TPSA) is 115 Å². The van der Waals surface area contributed by atoms with Gasteiger partial charge in [0.1, 0.15) is 0 Å². The van der Waals surface area contributed by atoms with Crippen molar-refractivity contribution in [3.63, 3.8) is 0 Å². The standard InChI is InChI=1S/C11H20N6O3/c1-4-20-11-15-9(12)14-10(16-11)17(2)7-8(18)13-5-6-19-3/h4-7H2,1-3H3,(H,13,18)(H2,12,14,15,16). The minimum atomic E-state index is -0.165. The first-order valence-electron chi connectivity index (χ1n) is 6.18. The van der Waals surface area contributed by atoms with Crippen LogP contribution in [0.1, 0.15) is 6.92 Å². The first-order chi connectivity index (χ1) is 9.56. The Morgan fingerprint density at radius 3 is 2.80 bits per heavy atom. The van der Waals surface area contributed by atoms with E-state index in [1.165, 1.54) is 0 Å². The number of ether oxygens (including phenoxy) is 2. The number of hydrogen-bond acceptors (Lipinski definition) is 8. The van der Waals surface area contributed by atoms with Crippen LogP contribution in [0.4, 0.5) is 11.9 Å². The van der Waals surface area contributed by atoms with Crippen molar-refractivity contribution in [3.8, 4) is 6.01 Å². The number of nitrogens with one attached hydrogen (secondary N) is 1. The molecule has 0 saturated heterocycles. The van der Waals surface area contributed by atoms with Crippen LogP contribution in [-0.4, -0.2) is 61.3 Å². The van der Waals surface area contributed by atoms with Crippen molar-refractivity contribution < 1.29 is 14.3 Å². The third kappa shape index (κ3) is 5.22. The van der Waals surface area contributed by atoms with Crippen LogP contribution in [0.15, 0.2) is 0 Å². The maximum absolute atomic E-state index is 11.7. The molecule has 1 heterocycles. The highest BCUT2D eigenvalue weighted by Crippen LogP contribution is 2.11. The number of methoxy groups -OCH3 is 1. The van der Waals surface area contributed by atoms with E-state index < -0.39 is 0 Å². The van der Waals surface area contributed by atoms with E-state index >= 15 is 0 Å². The molecular formula is C11H20N6O3. The van der Waals surface area contributed by atoms with Crippen molar-refractivity contribution in [2.75, 3.05) is 51.1 Å². The SMILES string of the molecule is CCOc1nc(N)nc(N(C)CC(=O)NCCOC)n1. The number of carbonyl (C=O) groups is 1. The van der Waals surface area contributed by atoms with Gasteiger partial charge in [0.15, 0.2) is 0 Å². The lowest BCUT2D eigenvalue weighted by Gasteiger charge is -2.17. The quantitative estimate of drug-likeness (QED) is 0.587. The number of hydrogen-bond donors (Lipinski definition) is 2. The fraction of sp³-hybridized carbons (Fsp3) is 0.636. The van der Waals surface area contributed by atoms with Crippen molar-refractivity contribution in [2.45, 2.75) is 6.92 Å². The number of carbonyl (C=O) groups excluding carboxylic acids is 1. The molecule has 1 amide bonds. The first-order valence-corrected chi connectivity index (χ1v) is 6.18. The van der Waals surface area contributed by atoms with Crippen molar-refractivity contribution >= 4 is 17.8 Å². The Hall–Kier alpha value is -2.16. The highest BCUT2D eigenvalue weighted by atomic mass is 16.5. The third-order valence-electron chi connectivity index (χ3n) is 2.24. The molecule has 0 fully saturated rings. The molecule has 0 atom stereocenters. The fourth-order valence-electron chi connectivity index (χ4n) is 1.36. The van der Waals surface area contributed by atoms with E-state index in [1.54, 1.807) is 19.1 Å². The summed E-state index contributed by atoms with van der Waals surface area (Å²) in [5, 5.41) is 2.70. The summed E-state index contributed by atoms with van der Waals surface area (Å²) in [7, 11) is 3.25. The molecule has 0 saturated carbocycles. The molecule has 0 spiro atoms. The van der Waals surface area contributed by atoms with Gasteiger partial charge in [-0.3, -0.25) is 4.79 Å². The second-order valence-corrected chi connectivity index (χ2v) is 3.91. The zero-order valence-corrected chi connectivity index (χ0v) is 11.9. The normalized spacial score (nSPS) is 10.2. The van der Waals surface area contributed by atoms with Gasteiger partial charge in [-0.15, -0.1) is 0 Å². The molecule has 0 aliphatic rings. The number of nitrogens with zero attached hydrogens (tertiary/aromatic N) is 4. The van der Waals surface area contributed by atoms with Gasteiger partial charge >= 0.3 is 6.01 Å². The molecule has 0 radical (unpaired) electrons. The summed E-state index contributed by atoms with van der Waals surface area (Å²) in [6.07, 6.45) is 0. The third-order valence-corrected chi connectivity index (χ3v) is 2.24. The molecule has 1 aromatic heterocycles. The number of anilines is 2. The van der Waals surface area contributed by atoms with E-state index in [4.69, 9.17) is 15.2 Å². The van der Waals surface area contributed by atoms with Crippen LogP contribution in [-0.2, 0) is 9.53 Å². The summed E-state index contributed by atoms with van der Waals surface area (Å²) in [5.41, 5.74) is 5.57. The monoisotopic (exact) mass is 284 g/mol. The van der Waals surface area contributed by atoms with Crippen LogP contribution in [0.3, 0.4) is 0 Å². The average Bonchev–Trinajstić information content (AvgIpc) is 2.38. The lowest BCUT2D eigenvalue weighted by atomic mass is 10.5. The van der Waals surface area contributed by atoms with Crippen molar-refractivity contribution in [2.24, 2.45) is 0 Å². The lowest BCUT2D eigenvalue weighted by molar-refractivity contribution is -0.119. The summed E-state index contributed by atoms with van der Waals surface area (Å²) in [6, 6.07) is 0.140. The predicted octanol–water partition coefficient (Wildman–Crippen LogP) is -0.949. The molecule has 112 valence electrons. The van der Waals surface area contributed by atoms with Crippen molar-refractivity contribution in [1.82, 2.24) is 20.3 Å². The fourth-order valence-corrected chi connectivity index (χ4v) is 1.36. The molecule has 0 bridgehead atoms. The smallest absolute Gasteiger partial charge is 0.323 e. The molecule has 1 rings (SSSR count). The van der Waals surface area contributed by atoms with Crippen LogP contribution < -0.4 is 20.7 Å². The van der Waals surface area contributed by atoms with E-state index in [2.05, 4.69) is 20.3 Å². The van der Waals surface area contributed by atoms with Gasteiger partial charge < -0.3 is 25.4 Å². The number of amides is 1. The Morgan fingerprint density at radius 1 is 1.40 bits per heavy atom. The molecule has 0 aliphatic carbocycles. The van der Waals surface area contributed by atoms with Gasteiger partial charge in [-0.25, -0.2) is 0 Å². The van der Waals surface area contributed by atoms with E-state index in [1.807, 2.05) is 6.92 Å². The molecule has 0 aliphatic heterocycles. The number of aromatic nitrogens is 3. The van der Waals surface area contributed by atoms with E-state index in [0.29, 0.717) is 19.8 Å². The Bertz CT molecular complexity index is 442. The summed E-state index contributed by atoms with van der Waals surface area (Å²) < 4.78 is 10.0. The summed E-state index contributed by atoms with van der Waals surface area (Å²) in [6.45, 7) is 3.24. The van der Waals surface area contributed by atoms with E-state index in [9.17, 15) is 4.79 Å². The predicted molar refractivity (Wildman–Crippen MR) is 73.6 cm³/mol.